The summed E-state index contributed by atoms with van der Waals surface area (Å²) in [7, 11) is 0. The van der Waals surface area contributed by atoms with Crippen molar-refractivity contribution >= 4 is 0 Å². The van der Waals surface area contributed by atoms with Crippen LogP contribution in [0.1, 0.15) is 18.5 Å². The van der Waals surface area contributed by atoms with Crippen LogP contribution in [0.15, 0.2) is 12.1 Å². The minimum absolute atomic E-state index is 0.00130. The highest BCUT2D eigenvalue weighted by Gasteiger charge is 2.13. The van der Waals surface area contributed by atoms with E-state index in [9.17, 15) is 13.2 Å². The SMILES string of the molecule is C[C@@H](NN)c1cc(F)c(F)cc1F. The molecule has 0 heterocycles. The Kier molecular flexibility index (Phi) is 2.90. The van der Waals surface area contributed by atoms with Crippen LogP contribution in [0.25, 0.3) is 0 Å². The Hall–Kier alpha value is -1.07. The molecule has 0 saturated heterocycles. The van der Waals surface area contributed by atoms with Crippen molar-refractivity contribution in [3.05, 3.63) is 35.1 Å². The molecule has 0 radical (unpaired) electrons. The zero-order chi connectivity index (χ0) is 10.0. The molecule has 72 valence electrons. The zero-order valence-corrected chi connectivity index (χ0v) is 6.94. The van der Waals surface area contributed by atoms with Gasteiger partial charge in [0, 0.05) is 17.7 Å². The third-order valence-electron chi connectivity index (χ3n) is 1.76. The van der Waals surface area contributed by atoms with Gasteiger partial charge in [0.25, 0.3) is 0 Å². The molecule has 1 atom stereocenters. The smallest absolute Gasteiger partial charge is 0.161 e. The molecular formula is C8H9F3N2. The van der Waals surface area contributed by atoms with Gasteiger partial charge in [-0.25, -0.2) is 13.2 Å². The summed E-state index contributed by atoms with van der Waals surface area (Å²) < 4.78 is 38.1. The average molecular weight is 190 g/mol. The molecule has 1 rings (SSSR count). The zero-order valence-electron chi connectivity index (χ0n) is 6.94. The Morgan fingerprint density at radius 1 is 1.15 bits per heavy atom. The highest BCUT2D eigenvalue weighted by molar-refractivity contribution is 5.22. The molecule has 0 bridgehead atoms. The molecule has 1 aromatic carbocycles. The summed E-state index contributed by atoms with van der Waals surface area (Å²) in [5, 5.41) is 0. The van der Waals surface area contributed by atoms with Gasteiger partial charge in [-0.1, -0.05) is 0 Å². The molecule has 0 unspecified atom stereocenters. The lowest BCUT2D eigenvalue weighted by Gasteiger charge is -2.11. The van der Waals surface area contributed by atoms with E-state index < -0.39 is 23.5 Å². The molecule has 13 heavy (non-hydrogen) atoms. The molecule has 0 aliphatic heterocycles. The highest BCUT2D eigenvalue weighted by atomic mass is 19.2. The van der Waals surface area contributed by atoms with Crippen molar-refractivity contribution in [3.8, 4) is 0 Å². The van der Waals surface area contributed by atoms with Crippen LogP contribution in [0, 0.1) is 17.5 Å². The van der Waals surface area contributed by atoms with Crippen molar-refractivity contribution in [3.63, 3.8) is 0 Å². The number of benzene rings is 1. The Labute approximate surface area is 73.5 Å². The van der Waals surface area contributed by atoms with E-state index >= 15 is 0 Å². The van der Waals surface area contributed by atoms with E-state index in [1.54, 1.807) is 0 Å². The fraction of sp³-hybridized carbons (Fsp3) is 0.250. The lowest BCUT2D eigenvalue weighted by Crippen LogP contribution is -2.26. The Bertz CT molecular complexity index is 315. The number of nitrogens with one attached hydrogen (secondary N) is 1. The fourth-order valence-electron chi connectivity index (χ4n) is 0.960. The maximum Gasteiger partial charge on any atom is 0.161 e. The standard InChI is InChI=1S/C8H9F3N2/c1-4(13-12)5-2-7(10)8(11)3-6(5)9/h2-4,13H,12H2,1H3/t4-/m1/s1. The minimum Gasteiger partial charge on any atom is -0.271 e. The summed E-state index contributed by atoms with van der Waals surface area (Å²) in [5.74, 6) is 1.92. The number of halogens is 3. The maximum atomic E-state index is 13.0. The summed E-state index contributed by atoms with van der Waals surface area (Å²) in [4.78, 5) is 0. The number of hydrazine groups is 1. The molecular weight excluding hydrogens is 181 g/mol. The maximum absolute atomic E-state index is 13.0. The average Bonchev–Trinajstić information content (AvgIpc) is 2.10. The number of hydrogen-bond donors (Lipinski definition) is 2. The van der Waals surface area contributed by atoms with Gasteiger partial charge in [0.1, 0.15) is 5.82 Å². The van der Waals surface area contributed by atoms with E-state index in [0.717, 1.165) is 6.07 Å². The predicted molar refractivity (Wildman–Crippen MR) is 42.1 cm³/mol. The molecule has 3 N–H and O–H groups in total. The quantitative estimate of drug-likeness (QED) is 0.422. The Morgan fingerprint density at radius 3 is 2.23 bits per heavy atom. The van der Waals surface area contributed by atoms with E-state index in [0.29, 0.717) is 6.07 Å². The summed E-state index contributed by atoms with van der Waals surface area (Å²) in [5.41, 5.74) is 2.24. The molecule has 1 aromatic rings. The topological polar surface area (TPSA) is 38.0 Å². The van der Waals surface area contributed by atoms with Gasteiger partial charge < -0.3 is 0 Å². The normalized spacial score (nSPS) is 13.0. The van der Waals surface area contributed by atoms with Gasteiger partial charge in [-0.2, -0.15) is 0 Å². The van der Waals surface area contributed by atoms with E-state index in [1.165, 1.54) is 6.92 Å². The lowest BCUT2D eigenvalue weighted by atomic mass is 10.1. The summed E-state index contributed by atoms with van der Waals surface area (Å²) >= 11 is 0. The first kappa shape index (κ1) is 10.0. The van der Waals surface area contributed by atoms with Gasteiger partial charge in [-0.15, -0.1) is 0 Å². The van der Waals surface area contributed by atoms with Crippen molar-refractivity contribution in [1.82, 2.24) is 5.43 Å². The molecule has 0 spiro atoms. The van der Waals surface area contributed by atoms with Crippen molar-refractivity contribution < 1.29 is 13.2 Å². The second-order valence-electron chi connectivity index (χ2n) is 2.68. The number of rotatable bonds is 2. The van der Waals surface area contributed by atoms with Crippen LogP contribution < -0.4 is 11.3 Å². The van der Waals surface area contributed by atoms with Crippen LogP contribution in [-0.4, -0.2) is 0 Å². The van der Waals surface area contributed by atoms with E-state index in [-0.39, 0.29) is 5.56 Å². The third-order valence-corrected chi connectivity index (χ3v) is 1.76. The Balaban J connectivity index is 3.15. The summed E-state index contributed by atoms with van der Waals surface area (Å²) in [6.45, 7) is 1.54. The molecule has 0 aliphatic carbocycles. The molecule has 2 nitrogen and oxygen atoms in total. The van der Waals surface area contributed by atoms with Crippen LogP contribution in [0.3, 0.4) is 0 Å². The van der Waals surface area contributed by atoms with Gasteiger partial charge in [-0.3, -0.25) is 11.3 Å². The second-order valence-corrected chi connectivity index (χ2v) is 2.68. The number of hydrogen-bond acceptors (Lipinski definition) is 2. The van der Waals surface area contributed by atoms with Crippen molar-refractivity contribution in [1.29, 1.82) is 0 Å². The first-order valence-electron chi connectivity index (χ1n) is 3.67. The third kappa shape index (κ3) is 1.99. The van der Waals surface area contributed by atoms with Crippen LogP contribution in [0.4, 0.5) is 13.2 Å². The summed E-state index contributed by atoms with van der Waals surface area (Å²) in [6, 6.07) is 0.725. The monoisotopic (exact) mass is 190 g/mol. The minimum atomic E-state index is -1.20. The van der Waals surface area contributed by atoms with Gasteiger partial charge >= 0.3 is 0 Å². The van der Waals surface area contributed by atoms with E-state index in [2.05, 4.69) is 5.43 Å². The molecule has 5 heteroatoms. The van der Waals surface area contributed by atoms with Crippen LogP contribution in [0.5, 0.6) is 0 Å². The Morgan fingerprint density at radius 2 is 1.69 bits per heavy atom. The van der Waals surface area contributed by atoms with Gasteiger partial charge in [0.15, 0.2) is 11.6 Å². The molecule has 0 fully saturated rings. The van der Waals surface area contributed by atoms with Gasteiger partial charge in [0.05, 0.1) is 0 Å². The van der Waals surface area contributed by atoms with E-state index in [4.69, 9.17) is 5.84 Å². The van der Waals surface area contributed by atoms with Crippen molar-refractivity contribution in [2.75, 3.05) is 0 Å². The summed E-state index contributed by atoms with van der Waals surface area (Å²) in [6.07, 6.45) is 0. The fourth-order valence-corrected chi connectivity index (χ4v) is 0.960. The molecule has 0 saturated carbocycles. The second kappa shape index (κ2) is 3.76. The number of nitrogens with two attached hydrogens (primary N) is 1. The first-order chi connectivity index (χ1) is 6.06. The van der Waals surface area contributed by atoms with Gasteiger partial charge in [0.2, 0.25) is 0 Å². The largest absolute Gasteiger partial charge is 0.271 e. The first-order valence-corrected chi connectivity index (χ1v) is 3.67. The highest BCUT2D eigenvalue weighted by Crippen LogP contribution is 2.19. The van der Waals surface area contributed by atoms with Crippen LogP contribution in [-0.2, 0) is 0 Å². The molecule has 0 aromatic heterocycles. The van der Waals surface area contributed by atoms with Gasteiger partial charge in [-0.05, 0) is 13.0 Å². The molecule has 0 aliphatic rings. The van der Waals surface area contributed by atoms with Crippen LogP contribution in [0.2, 0.25) is 0 Å². The lowest BCUT2D eigenvalue weighted by molar-refractivity contribution is 0.477. The molecule has 0 amide bonds. The van der Waals surface area contributed by atoms with Crippen LogP contribution >= 0.6 is 0 Å². The van der Waals surface area contributed by atoms with E-state index in [1.807, 2.05) is 0 Å². The van der Waals surface area contributed by atoms with Crippen molar-refractivity contribution in [2.45, 2.75) is 13.0 Å². The predicted octanol–water partition coefficient (Wildman–Crippen LogP) is 1.63. The van der Waals surface area contributed by atoms with Crippen molar-refractivity contribution in [2.24, 2.45) is 5.84 Å².